The summed E-state index contributed by atoms with van der Waals surface area (Å²) < 4.78 is 6.99. The summed E-state index contributed by atoms with van der Waals surface area (Å²) in [5.41, 5.74) is 1.39. The van der Waals surface area contributed by atoms with Crippen LogP contribution in [0.1, 0.15) is 21.8 Å². The first kappa shape index (κ1) is 18.8. The number of carbonyl (C=O) groups excluding carboxylic acids is 1. The van der Waals surface area contributed by atoms with Crippen LogP contribution in [0.25, 0.3) is 10.9 Å². The van der Waals surface area contributed by atoms with Crippen molar-refractivity contribution in [2.45, 2.75) is 13.1 Å². The number of hydrogen-bond acceptors (Lipinski definition) is 6. The molecule has 9 heteroatoms. The molecule has 0 radical (unpaired) electrons. The minimum Gasteiger partial charge on any atom is -0.467 e. The third kappa shape index (κ3) is 3.85. The van der Waals surface area contributed by atoms with Gasteiger partial charge in [-0.15, -0.1) is 0 Å². The molecule has 3 aromatic heterocycles. The number of nitrogens with one attached hydrogen (secondary N) is 1. The third-order valence-electron chi connectivity index (χ3n) is 4.49. The molecule has 0 aliphatic rings. The molecule has 146 valence electrons. The van der Waals surface area contributed by atoms with E-state index >= 15 is 0 Å². The highest BCUT2D eigenvalue weighted by molar-refractivity contribution is 7.71. The average molecular weight is 407 g/mol. The summed E-state index contributed by atoms with van der Waals surface area (Å²) in [6.45, 7) is 0.560. The van der Waals surface area contributed by atoms with Gasteiger partial charge in [-0.25, -0.2) is 0 Å². The topological polar surface area (TPSA) is 97.0 Å². The second kappa shape index (κ2) is 7.80. The van der Waals surface area contributed by atoms with Gasteiger partial charge in [0, 0.05) is 25.0 Å². The molecule has 1 N–H and O–H groups in total. The summed E-state index contributed by atoms with van der Waals surface area (Å²) in [4.78, 5) is 38.4. The summed E-state index contributed by atoms with van der Waals surface area (Å²) in [7, 11) is 1.69. The highest BCUT2D eigenvalue weighted by Gasteiger charge is 2.15. The number of hydrogen-bond donors (Lipinski definition) is 1. The first-order valence-electron chi connectivity index (χ1n) is 8.82. The van der Waals surface area contributed by atoms with E-state index in [0.717, 1.165) is 0 Å². The van der Waals surface area contributed by atoms with E-state index in [1.807, 2.05) is 0 Å². The summed E-state index contributed by atoms with van der Waals surface area (Å²) in [5.74, 6) is 0.431. The van der Waals surface area contributed by atoms with Gasteiger partial charge in [0.25, 0.3) is 11.5 Å². The van der Waals surface area contributed by atoms with Crippen LogP contribution < -0.4 is 5.56 Å². The van der Waals surface area contributed by atoms with E-state index in [2.05, 4.69) is 15.0 Å². The minimum atomic E-state index is -0.243. The Bertz CT molecular complexity index is 1280. The molecular formula is C20H17N5O3S. The van der Waals surface area contributed by atoms with Crippen LogP contribution in [-0.4, -0.2) is 37.4 Å². The van der Waals surface area contributed by atoms with Crippen molar-refractivity contribution >= 4 is 29.0 Å². The van der Waals surface area contributed by atoms with Gasteiger partial charge in [0.05, 0.1) is 42.1 Å². The molecule has 1 aromatic carbocycles. The molecule has 0 saturated heterocycles. The molecule has 8 nitrogen and oxygen atoms in total. The Balaban J connectivity index is 1.65. The van der Waals surface area contributed by atoms with Crippen molar-refractivity contribution in [2.75, 3.05) is 7.05 Å². The number of fused-ring (bicyclic) bond motifs is 1. The second-order valence-corrected chi connectivity index (χ2v) is 6.91. The molecule has 4 aromatic rings. The molecule has 0 unspecified atom stereocenters. The summed E-state index contributed by atoms with van der Waals surface area (Å²) >= 11 is 5.34. The van der Waals surface area contributed by atoms with Gasteiger partial charge >= 0.3 is 0 Å². The Morgan fingerprint density at radius 3 is 2.90 bits per heavy atom. The highest BCUT2D eigenvalue weighted by Crippen LogP contribution is 2.14. The predicted molar refractivity (Wildman–Crippen MR) is 109 cm³/mol. The number of nitrogens with zero attached hydrogens (tertiary/aromatic N) is 4. The van der Waals surface area contributed by atoms with Crippen LogP contribution in [0.2, 0.25) is 0 Å². The number of aromatic amines is 1. The van der Waals surface area contributed by atoms with Gasteiger partial charge in [0.15, 0.2) is 4.77 Å². The van der Waals surface area contributed by atoms with Crippen LogP contribution in [0.15, 0.2) is 64.4 Å². The van der Waals surface area contributed by atoms with Crippen molar-refractivity contribution in [3.8, 4) is 0 Å². The van der Waals surface area contributed by atoms with Gasteiger partial charge in [0.2, 0.25) is 0 Å². The maximum absolute atomic E-state index is 12.9. The van der Waals surface area contributed by atoms with E-state index in [-0.39, 0.29) is 22.8 Å². The van der Waals surface area contributed by atoms with Crippen molar-refractivity contribution < 1.29 is 9.21 Å². The van der Waals surface area contributed by atoms with E-state index in [9.17, 15) is 9.59 Å². The van der Waals surface area contributed by atoms with Crippen LogP contribution in [-0.2, 0) is 13.1 Å². The molecule has 0 bridgehead atoms. The van der Waals surface area contributed by atoms with E-state index in [4.69, 9.17) is 16.6 Å². The van der Waals surface area contributed by atoms with Gasteiger partial charge in [-0.05, 0) is 42.5 Å². The highest BCUT2D eigenvalue weighted by atomic mass is 32.1. The van der Waals surface area contributed by atoms with Gasteiger partial charge in [-0.2, -0.15) is 0 Å². The minimum absolute atomic E-state index is 0.198. The summed E-state index contributed by atoms with van der Waals surface area (Å²) in [5, 5.41) is 0.443. The molecule has 4 rings (SSSR count). The summed E-state index contributed by atoms with van der Waals surface area (Å²) in [6.07, 6.45) is 6.32. The lowest BCUT2D eigenvalue weighted by Crippen LogP contribution is -2.27. The number of furan rings is 1. The van der Waals surface area contributed by atoms with Gasteiger partial charge < -0.3 is 14.3 Å². The molecule has 0 atom stereocenters. The van der Waals surface area contributed by atoms with Crippen molar-refractivity contribution in [3.63, 3.8) is 0 Å². The number of carbonyl (C=O) groups is 1. The molecular weight excluding hydrogens is 390 g/mol. The Hall–Kier alpha value is -3.59. The molecule has 29 heavy (non-hydrogen) atoms. The van der Waals surface area contributed by atoms with E-state index in [0.29, 0.717) is 34.5 Å². The fraction of sp³-hybridized carbons (Fsp3) is 0.150. The van der Waals surface area contributed by atoms with Crippen molar-refractivity contribution in [3.05, 3.63) is 87.3 Å². The van der Waals surface area contributed by atoms with E-state index < -0.39 is 0 Å². The quantitative estimate of drug-likeness (QED) is 0.511. The van der Waals surface area contributed by atoms with Gasteiger partial charge in [-0.1, -0.05) is 0 Å². The monoisotopic (exact) mass is 407 g/mol. The standard InChI is InChI=1S/C20H17N5O3S/c1-24(11-14-10-21-6-7-22-14)18(26)13-4-5-16-17(9-13)23-20(29)25(19(16)27)12-15-3-2-8-28-15/h2-10H,11-12H2,1H3,(H,23,29). The fourth-order valence-electron chi connectivity index (χ4n) is 3.04. The molecule has 3 heterocycles. The Kier molecular flexibility index (Phi) is 5.05. The Labute approximate surface area is 170 Å². The number of amides is 1. The Morgan fingerprint density at radius 2 is 2.17 bits per heavy atom. The first-order valence-corrected chi connectivity index (χ1v) is 9.23. The molecule has 0 aliphatic carbocycles. The van der Waals surface area contributed by atoms with Crippen molar-refractivity contribution in [1.29, 1.82) is 0 Å². The third-order valence-corrected chi connectivity index (χ3v) is 4.81. The Morgan fingerprint density at radius 1 is 1.31 bits per heavy atom. The lowest BCUT2D eigenvalue weighted by molar-refractivity contribution is 0.0783. The molecule has 0 fully saturated rings. The molecule has 0 spiro atoms. The fourth-order valence-corrected chi connectivity index (χ4v) is 3.29. The average Bonchev–Trinajstić information content (AvgIpc) is 3.24. The van der Waals surface area contributed by atoms with Crippen LogP contribution in [0.4, 0.5) is 0 Å². The second-order valence-electron chi connectivity index (χ2n) is 6.52. The predicted octanol–water partition coefficient (Wildman–Crippen LogP) is 2.76. The van der Waals surface area contributed by atoms with Crippen LogP contribution >= 0.6 is 12.2 Å². The maximum atomic E-state index is 12.9. The lowest BCUT2D eigenvalue weighted by Gasteiger charge is -2.17. The van der Waals surface area contributed by atoms with E-state index in [1.54, 1.807) is 62.2 Å². The van der Waals surface area contributed by atoms with Crippen LogP contribution in [0, 0.1) is 4.77 Å². The molecule has 0 saturated carbocycles. The largest absolute Gasteiger partial charge is 0.467 e. The zero-order valence-electron chi connectivity index (χ0n) is 15.5. The van der Waals surface area contributed by atoms with Crippen LogP contribution in [0.3, 0.4) is 0 Å². The van der Waals surface area contributed by atoms with Gasteiger partial charge in [0.1, 0.15) is 5.76 Å². The molecule has 0 aliphatic heterocycles. The number of aromatic nitrogens is 4. The normalized spacial score (nSPS) is 10.9. The SMILES string of the molecule is CN(Cc1cnccn1)C(=O)c1ccc2c(=O)n(Cc3ccco3)c(=S)[nH]c2c1. The lowest BCUT2D eigenvalue weighted by atomic mass is 10.1. The number of benzene rings is 1. The van der Waals surface area contributed by atoms with E-state index in [1.165, 1.54) is 9.47 Å². The zero-order valence-corrected chi connectivity index (χ0v) is 16.3. The first-order chi connectivity index (χ1) is 14.0. The van der Waals surface area contributed by atoms with Crippen LogP contribution in [0.5, 0.6) is 0 Å². The summed E-state index contributed by atoms with van der Waals surface area (Å²) in [6, 6.07) is 8.43. The number of rotatable bonds is 5. The molecule has 1 amide bonds. The number of H-pyrrole nitrogens is 1. The smallest absolute Gasteiger partial charge is 0.262 e. The zero-order chi connectivity index (χ0) is 20.4. The van der Waals surface area contributed by atoms with Crippen molar-refractivity contribution in [1.82, 2.24) is 24.4 Å². The van der Waals surface area contributed by atoms with Gasteiger partial charge in [-0.3, -0.25) is 24.1 Å². The van der Waals surface area contributed by atoms with Crippen molar-refractivity contribution in [2.24, 2.45) is 0 Å². The maximum Gasteiger partial charge on any atom is 0.262 e.